The molecular formula is C40H79CeO10V-. The van der Waals surface area contributed by atoms with E-state index >= 15 is 0 Å². The van der Waals surface area contributed by atoms with Crippen molar-refractivity contribution >= 4 is 29.8 Å². The zero-order valence-electron chi connectivity index (χ0n) is 34.6. The van der Waals surface area contributed by atoms with E-state index in [-0.39, 0.29) is 89.9 Å². The zero-order chi connectivity index (χ0) is 39.9. The van der Waals surface area contributed by atoms with Gasteiger partial charge in [0.2, 0.25) is 0 Å². The van der Waals surface area contributed by atoms with E-state index in [1.54, 1.807) is 0 Å². The third-order valence-corrected chi connectivity index (χ3v) is 8.64. The van der Waals surface area contributed by atoms with Crippen molar-refractivity contribution in [2.24, 2.45) is 29.6 Å². The van der Waals surface area contributed by atoms with E-state index in [2.05, 4.69) is 27.7 Å². The molecule has 0 saturated heterocycles. The summed E-state index contributed by atoms with van der Waals surface area (Å²) < 4.78 is 0. The predicted octanol–water partition coefficient (Wildman–Crippen LogP) is 11.2. The normalized spacial score (nSPS) is 12.5. The number of carboxylic acid groups (broad SMARTS) is 5. The average molecular weight is 911 g/mol. The standard InChI is InChI=1S/4C8H16O2.C8H15O2.Ce.V/c5*1-3-5-6-7(4-2)8(9)10;;/h4*7H,3-6H2,1-2H3,(H,9,10);3,7H,4-6H2,1-2H3,(H,9,10);;/q;;;;-1;;. The fourth-order valence-electron chi connectivity index (χ4n) is 4.68. The molecule has 0 aliphatic rings. The molecule has 0 aliphatic heterocycles. The Morgan fingerprint density at radius 1 is 0.404 bits per heavy atom. The number of carboxylic acids is 5. The van der Waals surface area contributed by atoms with Gasteiger partial charge in [0.15, 0.2) is 0 Å². The minimum absolute atomic E-state index is 0. The molecule has 0 amide bonds. The van der Waals surface area contributed by atoms with Crippen LogP contribution in [0.4, 0.5) is 0 Å². The van der Waals surface area contributed by atoms with Gasteiger partial charge < -0.3 is 32.0 Å². The maximum Gasteiger partial charge on any atom is 0.306 e. The van der Waals surface area contributed by atoms with Gasteiger partial charge >= 0.3 is 29.8 Å². The molecule has 12 heteroatoms. The molecule has 0 heterocycles. The van der Waals surface area contributed by atoms with Crippen LogP contribution in [-0.4, -0.2) is 55.4 Å². The van der Waals surface area contributed by atoms with Gasteiger partial charge in [0.05, 0.1) is 29.6 Å². The van der Waals surface area contributed by atoms with Crippen molar-refractivity contribution in [2.75, 3.05) is 0 Å². The molecule has 5 N–H and O–H groups in total. The first-order valence-corrected chi connectivity index (χ1v) is 19.5. The molecule has 5 unspecified atom stereocenters. The van der Waals surface area contributed by atoms with Gasteiger partial charge in [-0.2, -0.15) is 13.3 Å². The van der Waals surface area contributed by atoms with Crippen LogP contribution in [0.25, 0.3) is 0 Å². The van der Waals surface area contributed by atoms with E-state index in [1.165, 1.54) is 0 Å². The predicted molar refractivity (Wildman–Crippen MR) is 204 cm³/mol. The van der Waals surface area contributed by atoms with Crippen LogP contribution in [0, 0.1) is 77.8 Å². The number of carbonyl (C=O) groups is 5. The molecule has 0 aromatic heterocycles. The molecule has 0 bridgehead atoms. The maximum absolute atomic E-state index is 10.4. The fraction of sp³-hybridized carbons (Fsp3) is 0.850. The van der Waals surface area contributed by atoms with Gasteiger partial charge in [-0.1, -0.05) is 120 Å². The molecule has 5 atom stereocenters. The minimum atomic E-state index is -0.663. The van der Waals surface area contributed by atoms with Crippen LogP contribution in [0.2, 0.25) is 0 Å². The van der Waals surface area contributed by atoms with Crippen LogP contribution >= 0.6 is 0 Å². The number of unbranched alkanes of at least 4 members (excludes halogenated alkanes) is 5. The van der Waals surface area contributed by atoms with E-state index in [0.717, 1.165) is 122 Å². The first-order chi connectivity index (χ1) is 23.6. The monoisotopic (exact) mass is 910 g/mol. The Labute approximate surface area is 364 Å². The molecule has 10 nitrogen and oxygen atoms in total. The van der Waals surface area contributed by atoms with Gasteiger partial charge in [-0.25, -0.2) is 0 Å². The quantitative estimate of drug-likeness (QED) is 0.0552. The van der Waals surface area contributed by atoms with Gasteiger partial charge in [0, 0.05) is 60.3 Å². The summed E-state index contributed by atoms with van der Waals surface area (Å²) in [6.45, 7) is 19.9. The van der Waals surface area contributed by atoms with E-state index in [1.807, 2.05) is 48.0 Å². The van der Waals surface area contributed by atoms with Crippen LogP contribution in [0.1, 0.15) is 191 Å². The summed E-state index contributed by atoms with van der Waals surface area (Å²) in [5.41, 5.74) is 0. The van der Waals surface area contributed by atoms with Crippen LogP contribution in [-0.2, 0) is 42.5 Å². The second-order valence-corrected chi connectivity index (χ2v) is 12.8. The molecule has 0 aliphatic carbocycles. The Kier molecular flexibility index (Phi) is 64.0. The van der Waals surface area contributed by atoms with E-state index in [0.29, 0.717) is 0 Å². The second-order valence-electron chi connectivity index (χ2n) is 12.8. The molecule has 1 radical (unpaired) electrons. The smallest absolute Gasteiger partial charge is 0.306 e. The topological polar surface area (TPSA) is 186 Å². The Morgan fingerprint density at radius 2 is 0.577 bits per heavy atom. The first-order valence-electron chi connectivity index (χ1n) is 19.5. The molecule has 0 fully saturated rings. The molecular weight excluding hydrogens is 831 g/mol. The fourth-order valence-corrected chi connectivity index (χ4v) is 4.68. The maximum atomic E-state index is 10.4. The summed E-state index contributed by atoms with van der Waals surface area (Å²) in [5.74, 6) is -3.82. The number of rotatable bonds is 25. The zero-order valence-corrected chi connectivity index (χ0v) is 39.2. The minimum Gasteiger partial charge on any atom is -0.481 e. The average Bonchev–Trinajstić information content (AvgIpc) is 3.07. The SMILES string of the molecule is CCCCC(CC)C(=O)O.CCCCC(CC)C(=O)O.CCCCC(CC)C(=O)O.CCCCC(CC)C(=O)O.C[CH-]CCC(CC)C(=O)O.[Ce].[V]. The Morgan fingerprint density at radius 3 is 0.692 bits per heavy atom. The summed E-state index contributed by atoms with van der Waals surface area (Å²) >= 11 is 0. The molecule has 0 rings (SSSR count). The Hall–Kier alpha value is -0.689. The first kappa shape index (κ1) is 66.1. The summed E-state index contributed by atoms with van der Waals surface area (Å²) in [4.78, 5) is 52.2. The number of aliphatic carboxylic acids is 5. The summed E-state index contributed by atoms with van der Waals surface area (Å²) in [7, 11) is 0. The van der Waals surface area contributed by atoms with Crippen molar-refractivity contribution < 1.29 is 110 Å². The van der Waals surface area contributed by atoms with E-state index < -0.39 is 29.8 Å². The van der Waals surface area contributed by atoms with Gasteiger partial charge in [-0.05, 0) is 57.8 Å². The molecule has 309 valence electrons. The molecule has 0 saturated carbocycles. The largest absolute Gasteiger partial charge is 0.481 e. The van der Waals surface area contributed by atoms with Gasteiger partial charge in [0.25, 0.3) is 0 Å². The van der Waals surface area contributed by atoms with Gasteiger partial charge in [-0.3, -0.25) is 24.0 Å². The second kappa shape index (κ2) is 50.3. The van der Waals surface area contributed by atoms with Gasteiger partial charge in [0.1, 0.15) is 0 Å². The van der Waals surface area contributed by atoms with E-state index in [4.69, 9.17) is 25.5 Å². The van der Waals surface area contributed by atoms with Crippen LogP contribution in [0.3, 0.4) is 0 Å². The van der Waals surface area contributed by atoms with Crippen molar-refractivity contribution in [2.45, 2.75) is 191 Å². The summed E-state index contributed by atoms with van der Waals surface area (Å²) in [5, 5.41) is 43.0. The van der Waals surface area contributed by atoms with Crippen molar-refractivity contribution in [1.29, 1.82) is 0 Å². The Balaban J connectivity index is -0.0000000964. The van der Waals surface area contributed by atoms with Crippen molar-refractivity contribution in [3.05, 3.63) is 6.42 Å². The van der Waals surface area contributed by atoms with Crippen molar-refractivity contribution in [3.63, 3.8) is 0 Å². The molecule has 52 heavy (non-hydrogen) atoms. The van der Waals surface area contributed by atoms with Crippen molar-refractivity contribution in [1.82, 2.24) is 0 Å². The van der Waals surface area contributed by atoms with Crippen LogP contribution in [0.5, 0.6) is 0 Å². The van der Waals surface area contributed by atoms with Crippen LogP contribution in [0.15, 0.2) is 0 Å². The number of hydrogen-bond donors (Lipinski definition) is 5. The van der Waals surface area contributed by atoms with Crippen molar-refractivity contribution in [3.8, 4) is 0 Å². The molecule has 0 aromatic carbocycles. The number of hydrogen-bond acceptors (Lipinski definition) is 5. The van der Waals surface area contributed by atoms with E-state index in [9.17, 15) is 24.0 Å². The summed E-state index contributed by atoms with van der Waals surface area (Å²) in [6, 6.07) is 0. The Bertz CT molecular complexity index is 662. The van der Waals surface area contributed by atoms with Crippen LogP contribution < -0.4 is 0 Å². The molecule has 0 aromatic rings. The molecule has 0 spiro atoms. The third-order valence-electron chi connectivity index (χ3n) is 8.64. The van der Waals surface area contributed by atoms with Gasteiger partial charge in [-0.15, -0.1) is 0 Å². The third kappa shape index (κ3) is 47.3. The summed E-state index contributed by atoms with van der Waals surface area (Å²) in [6.07, 6.45) is 19.3.